The van der Waals surface area contributed by atoms with Crippen molar-refractivity contribution in [1.29, 1.82) is 0 Å². The highest BCUT2D eigenvalue weighted by molar-refractivity contribution is 6.31. The maximum atomic E-state index is 6.45. The van der Waals surface area contributed by atoms with Gasteiger partial charge in [-0.25, -0.2) is 0 Å². The van der Waals surface area contributed by atoms with Crippen LogP contribution in [0.4, 0.5) is 5.69 Å². The Balaban J connectivity index is 1.81. The first-order valence-electron chi connectivity index (χ1n) is 7.61. The van der Waals surface area contributed by atoms with Crippen LogP contribution in [0.2, 0.25) is 5.02 Å². The standard InChI is InChI=1S/C16H24ClN3/c1-12-11-19(2)8-9-20(12)16-5-3-4-15(17)14(16)10-18-13-6-7-13/h3-5,12-13,18H,6-11H2,1-2H3. The number of nitrogens with one attached hydrogen (secondary N) is 1. The molecule has 1 saturated heterocycles. The summed E-state index contributed by atoms with van der Waals surface area (Å²) in [5, 5.41) is 4.49. The first-order chi connectivity index (χ1) is 9.65. The van der Waals surface area contributed by atoms with Gasteiger partial charge in [0.2, 0.25) is 0 Å². The maximum Gasteiger partial charge on any atom is 0.0471 e. The Labute approximate surface area is 126 Å². The van der Waals surface area contributed by atoms with Crippen molar-refractivity contribution in [3.05, 3.63) is 28.8 Å². The van der Waals surface area contributed by atoms with Crippen LogP contribution in [0.3, 0.4) is 0 Å². The number of benzene rings is 1. The van der Waals surface area contributed by atoms with E-state index in [4.69, 9.17) is 11.6 Å². The van der Waals surface area contributed by atoms with E-state index in [-0.39, 0.29) is 0 Å². The lowest BCUT2D eigenvalue weighted by Gasteiger charge is -2.40. The Morgan fingerprint density at radius 2 is 2.10 bits per heavy atom. The van der Waals surface area contributed by atoms with E-state index in [1.54, 1.807) is 0 Å². The Kier molecular flexibility index (Phi) is 4.20. The molecular formula is C16H24ClN3. The lowest BCUT2D eigenvalue weighted by atomic mass is 10.1. The molecule has 1 aliphatic heterocycles. The van der Waals surface area contributed by atoms with Gasteiger partial charge in [-0.15, -0.1) is 0 Å². The van der Waals surface area contributed by atoms with Crippen LogP contribution in [0.1, 0.15) is 25.3 Å². The molecule has 0 bridgehead atoms. The number of anilines is 1. The van der Waals surface area contributed by atoms with Gasteiger partial charge in [-0.05, 0) is 38.9 Å². The molecule has 3 rings (SSSR count). The molecular weight excluding hydrogens is 270 g/mol. The van der Waals surface area contributed by atoms with E-state index in [0.717, 1.165) is 31.2 Å². The molecule has 0 spiro atoms. The van der Waals surface area contributed by atoms with Crippen molar-refractivity contribution in [2.45, 2.75) is 38.4 Å². The third-order valence-electron chi connectivity index (χ3n) is 4.38. The highest BCUT2D eigenvalue weighted by Crippen LogP contribution is 2.31. The number of likely N-dealkylation sites (N-methyl/N-ethyl adjacent to an activating group) is 1. The zero-order chi connectivity index (χ0) is 14.1. The van der Waals surface area contributed by atoms with Crippen LogP contribution in [0.15, 0.2) is 18.2 Å². The fourth-order valence-electron chi connectivity index (χ4n) is 3.02. The van der Waals surface area contributed by atoms with Gasteiger partial charge in [0.15, 0.2) is 0 Å². The average molecular weight is 294 g/mol. The summed E-state index contributed by atoms with van der Waals surface area (Å²) in [6.07, 6.45) is 2.62. The summed E-state index contributed by atoms with van der Waals surface area (Å²) in [5.41, 5.74) is 2.57. The summed E-state index contributed by atoms with van der Waals surface area (Å²) in [6, 6.07) is 7.55. The molecule has 1 saturated carbocycles. The van der Waals surface area contributed by atoms with Gasteiger partial charge in [-0.2, -0.15) is 0 Å². The second kappa shape index (κ2) is 5.92. The molecule has 1 unspecified atom stereocenters. The largest absolute Gasteiger partial charge is 0.366 e. The highest BCUT2D eigenvalue weighted by Gasteiger charge is 2.25. The second-order valence-electron chi connectivity index (χ2n) is 6.20. The zero-order valence-corrected chi connectivity index (χ0v) is 13.2. The van der Waals surface area contributed by atoms with Crippen LogP contribution < -0.4 is 10.2 Å². The van der Waals surface area contributed by atoms with E-state index in [1.165, 1.54) is 24.1 Å². The summed E-state index contributed by atoms with van der Waals surface area (Å²) in [6.45, 7) is 6.50. The number of hydrogen-bond acceptors (Lipinski definition) is 3. The van der Waals surface area contributed by atoms with E-state index in [2.05, 4.69) is 41.2 Å². The molecule has 0 amide bonds. The molecule has 1 heterocycles. The summed E-state index contributed by atoms with van der Waals surface area (Å²) in [4.78, 5) is 4.91. The van der Waals surface area contributed by atoms with Gasteiger partial charge in [0.05, 0.1) is 0 Å². The van der Waals surface area contributed by atoms with Crippen LogP contribution >= 0.6 is 11.6 Å². The maximum absolute atomic E-state index is 6.45. The number of rotatable bonds is 4. The summed E-state index contributed by atoms with van der Waals surface area (Å²) < 4.78 is 0. The van der Waals surface area contributed by atoms with Crippen molar-refractivity contribution in [2.24, 2.45) is 0 Å². The summed E-state index contributed by atoms with van der Waals surface area (Å²) in [7, 11) is 2.20. The first kappa shape index (κ1) is 14.2. The predicted octanol–water partition coefficient (Wildman–Crippen LogP) is 2.73. The molecule has 0 aromatic heterocycles. The molecule has 20 heavy (non-hydrogen) atoms. The van der Waals surface area contributed by atoms with E-state index in [9.17, 15) is 0 Å². The van der Waals surface area contributed by atoms with Gasteiger partial charge in [0, 0.05) is 54.5 Å². The van der Waals surface area contributed by atoms with Gasteiger partial charge >= 0.3 is 0 Å². The number of piperazine rings is 1. The van der Waals surface area contributed by atoms with E-state index in [0.29, 0.717) is 12.1 Å². The molecule has 1 N–H and O–H groups in total. The predicted molar refractivity (Wildman–Crippen MR) is 85.6 cm³/mol. The second-order valence-corrected chi connectivity index (χ2v) is 6.60. The van der Waals surface area contributed by atoms with Crippen molar-refractivity contribution >= 4 is 17.3 Å². The third-order valence-corrected chi connectivity index (χ3v) is 4.73. The Bertz CT molecular complexity index is 473. The van der Waals surface area contributed by atoms with Gasteiger partial charge in [-0.3, -0.25) is 0 Å². The zero-order valence-electron chi connectivity index (χ0n) is 12.4. The Hall–Kier alpha value is -0.770. The minimum absolute atomic E-state index is 0.534. The van der Waals surface area contributed by atoms with Crippen LogP contribution in [0, 0.1) is 0 Å². The number of nitrogens with zero attached hydrogens (tertiary/aromatic N) is 2. The lowest BCUT2D eigenvalue weighted by Crippen LogP contribution is -2.50. The summed E-state index contributed by atoms with van der Waals surface area (Å²) >= 11 is 6.45. The van der Waals surface area contributed by atoms with Gasteiger partial charge in [0.25, 0.3) is 0 Å². The van der Waals surface area contributed by atoms with Gasteiger partial charge in [0.1, 0.15) is 0 Å². The molecule has 3 nitrogen and oxygen atoms in total. The third kappa shape index (κ3) is 3.11. The van der Waals surface area contributed by atoms with Gasteiger partial charge < -0.3 is 15.1 Å². The van der Waals surface area contributed by atoms with Crippen LogP contribution in [0.5, 0.6) is 0 Å². The highest BCUT2D eigenvalue weighted by atomic mass is 35.5. The van der Waals surface area contributed by atoms with Crippen molar-refractivity contribution in [1.82, 2.24) is 10.2 Å². The fourth-order valence-corrected chi connectivity index (χ4v) is 3.26. The van der Waals surface area contributed by atoms with Crippen LogP contribution in [-0.4, -0.2) is 43.7 Å². The first-order valence-corrected chi connectivity index (χ1v) is 7.99. The van der Waals surface area contributed by atoms with Crippen molar-refractivity contribution in [2.75, 3.05) is 31.6 Å². The van der Waals surface area contributed by atoms with Gasteiger partial charge in [-0.1, -0.05) is 17.7 Å². The van der Waals surface area contributed by atoms with Crippen molar-refractivity contribution in [3.8, 4) is 0 Å². The quantitative estimate of drug-likeness (QED) is 0.921. The SMILES string of the molecule is CC1CN(C)CCN1c1cccc(Cl)c1CNC1CC1. The molecule has 2 fully saturated rings. The van der Waals surface area contributed by atoms with Crippen LogP contribution in [-0.2, 0) is 6.54 Å². The molecule has 4 heteroatoms. The molecule has 1 aromatic rings. The Morgan fingerprint density at radius 1 is 1.30 bits per heavy atom. The summed E-state index contributed by atoms with van der Waals surface area (Å²) in [5.74, 6) is 0. The molecule has 0 radical (unpaired) electrons. The van der Waals surface area contributed by atoms with E-state index < -0.39 is 0 Å². The molecule has 2 aliphatic rings. The number of hydrogen-bond donors (Lipinski definition) is 1. The van der Waals surface area contributed by atoms with Crippen LogP contribution in [0.25, 0.3) is 0 Å². The lowest BCUT2D eigenvalue weighted by molar-refractivity contribution is 0.275. The molecule has 1 aromatic carbocycles. The minimum Gasteiger partial charge on any atom is -0.366 e. The topological polar surface area (TPSA) is 18.5 Å². The molecule has 1 atom stereocenters. The minimum atomic E-state index is 0.534. The fraction of sp³-hybridized carbons (Fsp3) is 0.625. The van der Waals surface area contributed by atoms with Crippen molar-refractivity contribution in [3.63, 3.8) is 0 Å². The van der Waals surface area contributed by atoms with E-state index >= 15 is 0 Å². The van der Waals surface area contributed by atoms with Crippen molar-refractivity contribution < 1.29 is 0 Å². The molecule has 110 valence electrons. The number of halogens is 1. The van der Waals surface area contributed by atoms with E-state index in [1.807, 2.05) is 6.07 Å². The monoisotopic (exact) mass is 293 g/mol. The smallest absolute Gasteiger partial charge is 0.0471 e. The normalized spacial score (nSPS) is 24.1. The molecule has 1 aliphatic carbocycles. The Morgan fingerprint density at radius 3 is 2.80 bits per heavy atom. The average Bonchev–Trinajstić information content (AvgIpc) is 3.21.